The first-order valence-corrected chi connectivity index (χ1v) is 10.7. The molecule has 4 rings (SSSR count). The number of esters is 1. The highest BCUT2D eigenvalue weighted by atomic mass is 32.2. The van der Waals surface area contributed by atoms with Crippen LogP contribution in [-0.2, 0) is 19.1 Å². The normalized spacial score (nSPS) is 16.8. The predicted molar refractivity (Wildman–Crippen MR) is 117 cm³/mol. The van der Waals surface area contributed by atoms with Gasteiger partial charge in [0, 0.05) is 18.0 Å². The van der Waals surface area contributed by atoms with Crippen LogP contribution < -0.4 is 4.90 Å². The van der Waals surface area contributed by atoms with E-state index < -0.39 is 17.8 Å². The smallest absolute Gasteiger partial charge is 0.339 e. The highest BCUT2D eigenvalue weighted by Crippen LogP contribution is 2.39. The molecular weight excluding hydrogens is 416 g/mol. The standard InChI is InChI=1S/C23H22N2O5S/c1-15-7-9-16(10-8-15)31-20-19(24-11-13-30-14-12-24)21(26)25(22(20)27)18-6-4-3-5-17(18)23(28)29-2/h3-10H,11-14H2,1-2H3. The van der Waals surface area contributed by atoms with Gasteiger partial charge in [-0.25, -0.2) is 9.69 Å². The fourth-order valence-corrected chi connectivity index (χ4v) is 4.55. The lowest BCUT2D eigenvalue weighted by Crippen LogP contribution is -2.40. The van der Waals surface area contributed by atoms with Gasteiger partial charge in [-0.05, 0) is 31.2 Å². The topological polar surface area (TPSA) is 76.2 Å². The molecule has 31 heavy (non-hydrogen) atoms. The third kappa shape index (κ3) is 4.08. The minimum absolute atomic E-state index is 0.162. The summed E-state index contributed by atoms with van der Waals surface area (Å²) < 4.78 is 10.3. The summed E-state index contributed by atoms with van der Waals surface area (Å²) in [5, 5.41) is 0. The Morgan fingerprint density at radius 1 is 1.00 bits per heavy atom. The van der Waals surface area contributed by atoms with Crippen molar-refractivity contribution in [3.8, 4) is 0 Å². The number of hydrogen-bond donors (Lipinski definition) is 0. The van der Waals surface area contributed by atoms with Gasteiger partial charge < -0.3 is 14.4 Å². The molecule has 8 heteroatoms. The van der Waals surface area contributed by atoms with Crippen LogP contribution in [0, 0.1) is 6.92 Å². The van der Waals surface area contributed by atoms with E-state index in [0.29, 0.717) is 36.9 Å². The number of amides is 2. The number of benzene rings is 2. The molecule has 1 saturated heterocycles. The van der Waals surface area contributed by atoms with Crippen molar-refractivity contribution < 1.29 is 23.9 Å². The van der Waals surface area contributed by atoms with E-state index in [1.807, 2.05) is 36.1 Å². The highest BCUT2D eigenvalue weighted by molar-refractivity contribution is 8.04. The van der Waals surface area contributed by atoms with Gasteiger partial charge in [0.2, 0.25) is 0 Å². The summed E-state index contributed by atoms with van der Waals surface area (Å²) in [6.45, 7) is 3.97. The number of methoxy groups -OCH3 is 1. The van der Waals surface area contributed by atoms with Crippen LogP contribution in [0.1, 0.15) is 15.9 Å². The maximum absolute atomic E-state index is 13.5. The molecule has 2 aromatic rings. The average molecular weight is 439 g/mol. The summed E-state index contributed by atoms with van der Waals surface area (Å²) in [5.74, 6) is -1.50. The second-order valence-corrected chi connectivity index (χ2v) is 8.23. The zero-order valence-electron chi connectivity index (χ0n) is 17.3. The summed E-state index contributed by atoms with van der Waals surface area (Å²) in [6, 6.07) is 14.2. The Labute approximate surface area is 184 Å². The van der Waals surface area contributed by atoms with Crippen LogP contribution in [0.5, 0.6) is 0 Å². The molecule has 0 unspecified atom stereocenters. The minimum atomic E-state index is -0.608. The van der Waals surface area contributed by atoms with E-state index in [9.17, 15) is 14.4 Å². The van der Waals surface area contributed by atoms with E-state index in [4.69, 9.17) is 9.47 Å². The summed E-state index contributed by atoms with van der Waals surface area (Å²) in [5.41, 5.74) is 1.83. The van der Waals surface area contributed by atoms with Crippen LogP contribution in [0.4, 0.5) is 5.69 Å². The minimum Gasteiger partial charge on any atom is -0.465 e. The number of carbonyl (C=O) groups is 3. The summed E-state index contributed by atoms with van der Waals surface area (Å²) >= 11 is 1.26. The Morgan fingerprint density at radius 3 is 2.35 bits per heavy atom. The number of imide groups is 1. The van der Waals surface area contributed by atoms with E-state index in [0.717, 1.165) is 15.4 Å². The molecule has 1 fully saturated rings. The molecule has 0 aliphatic carbocycles. The number of hydrogen-bond acceptors (Lipinski definition) is 7. The van der Waals surface area contributed by atoms with Crippen LogP contribution in [0.15, 0.2) is 64.0 Å². The molecular formula is C23H22N2O5S. The first-order chi connectivity index (χ1) is 15.0. The van der Waals surface area contributed by atoms with Crippen molar-refractivity contribution in [3.05, 3.63) is 70.3 Å². The lowest BCUT2D eigenvalue weighted by Gasteiger charge is -2.29. The first-order valence-electron chi connectivity index (χ1n) is 9.89. The highest BCUT2D eigenvalue weighted by Gasteiger charge is 2.44. The first kappa shape index (κ1) is 21.1. The van der Waals surface area contributed by atoms with Crippen molar-refractivity contribution in [2.45, 2.75) is 11.8 Å². The van der Waals surface area contributed by atoms with Crippen molar-refractivity contribution in [2.24, 2.45) is 0 Å². The SMILES string of the molecule is COC(=O)c1ccccc1N1C(=O)C(Sc2ccc(C)cc2)=C(N2CCOCC2)C1=O. The Bertz CT molecular complexity index is 1060. The lowest BCUT2D eigenvalue weighted by atomic mass is 10.1. The Morgan fingerprint density at radius 2 is 1.68 bits per heavy atom. The number of aryl methyl sites for hydroxylation is 1. The maximum Gasteiger partial charge on any atom is 0.339 e. The van der Waals surface area contributed by atoms with Gasteiger partial charge in [0.25, 0.3) is 11.8 Å². The summed E-state index contributed by atoms with van der Waals surface area (Å²) in [7, 11) is 1.27. The number of morpholine rings is 1. The molecule has 0 aromatic heterocycles. The van der Waals surface area contributed by atoms with Gasteiger partial charge >= 0.3 is 5.97 Å². The molecule has 160 valence electrons. The van der Waals surface area contributed by atoms with Crippen molar-refractivity contribution >= 4 is 35.2 Å². The molecule has 0 saturated carbocycles. The van der Waals surface area contributed by atoms with E-state index >= 15 is 0 Å². The molecule has 0 bridgehead atoms. The third-order valence-corrected chi connectivity index (χ3v) is 6.22. The van der Waals surface area contributed by atoms with Gasteiger partial charge in [0.1, 0.15) is 10.6 Å². The van der Waals surface area contributed by atoms with Gasteiger partial charge in [0.05, 0.1) is 31.6 Å². The molecule has 0 radical (unpaired) electrons. The van der Waals surface area contributed by atoms with Gasteiger partial charge in [0.15, 0.2) is 0 Å². The number of anilines is 1. The van der Waals surface area contributed by atoms with Gasteiger partial charge in [-0.1, -0.05) is 41.6 Å². The summed E-state index contributed by atoms with van der Waals surface area (Å²) in [4.78, 5) is 43.5. The second kappa shape index (κ2) is 8.95. The number of ether oxygens (including phenoxy) is 2. The van der Waals surface area contributed by atoms with Crippen molar-refractivity contribution in [2.75, 3.05) is 38.3 Å². The Hall–Kier alpha value is -3.10. The molecule has 0 N–H and O–H groups in total. The maximum atomic E-state index is 13.5. The van der Waals surface area contributed by atoms with Crippen LogP contribution in [0.25, 0.3) is 0 Å². The van der Waals surface area contributed by atoms with Gasteiger partial charge in [-0.15, -0.1) is 0 Å². The molecule has 2 aromatic carbocycles. The lowest BCUT2D eigenvalue weighted by molar-refractivity contribution is -0.121. The van der Waals surface area contributed by atoms with Crippen molar-refractivity contribution in [1.82, 2.24) is 4.90 Å². The monoisotopic (exact) mass is 438 g/mol. The van der Waals surface area contributed by atoms with Crippen LogP contribution in [0.2, 0.25) is 0 Å². The quantitative estimate of drug-likeness (QED) is 0.525. The number of rotatable bonds is 5. The van der Waals surface area contributed by atoms with E-state index in [-0.39, 0.29) is 11.3 Å². The third-order valence-electron chi connectivity index (χ3n) is 5.14. The van der Waals surface area contributed by atoms with E-state index in [2.05, 4.69) is 0 Å². The van der Waals surface area contributed by atoms with Crippen molar-refractivity contribution in [1.29, 1.82) is 0 Å². The molecule has 2 aliphatic rings. The zero-order valence-corrected chi connectivity index (χ0v) is 18.1. The van der Waals surface area contributed by atoms with E-state index in [1.54, 1.807) is 24.3 Å². The number of thioether (sulfide) groups is 1. The van der Waals surface area contributed by atoms with Gasteiger partial charge in [-0.3, -0.25) is 9.59 Å². The largest absolute Gasteiger partial charge is 0.465 e. The number of carbonyl (C=O) groups excluding carboxylic acids is 3. The second-order valence-electron chi connectivity index (χ2n) is 7.15. The summed E-state index contributed by atoms with van der Waals surface area (Å²) in [6.07, 6.45) is 0. The van der Waals surface area contributed by atoms with Crippen molar-refractivity contribution in [3.63, 3.8) is 0 Å². The predicted octanol–water partition coefficient (Wildman–Crippen LogP) is 2.99. The van der Waals surface area contributed by atoms with Crippen LogP contribution in [-0.4, -0.2) is 56.1 Å². The molecule has 2 heterocycles. The van der Waals surface area contributed by atoms with Gasteiger partial charge in [-0.2, -0.15) is 0 Å². The molecule has 2 amide bonds. The molecule has 2 aliphatic heterocycles. The molecule has 0 atom stereocenters. The molecule has 0 spiro atoms. The number of nitrogens with zero attached hydrogens (tertiary/aromatic N) is 2. The number of para-hydroxylation sites is 1. The molecule has 7 nitrogen and oxygen atoms in total. The zero-order chi connectivity index (χ0) is 22.0. The fourth-order valence-electron chi connectivity index (χ4n) is 3.55. The average Bonchev–Trinajstić information content (AvgIpc) is 3.04. The Kier molecular flexibility index (Phi) is 6.11. The van der Waals surface area contributed by atoms with E-state index in [1.165, 1.54) is 18.9 Å². The fraction of sp³-hybridized carbons (Fsp3) is 0.261. The van der Waals surface area contributed by atoms with Crippen LogP contribution in [0.3, 0.4) is 0 Å². The Balaban J connectivity index is 1.77. The van der Waals surface area contributed by atoms with Crippen LogP contribution >= 0.6 is 11.8 Å².